The zero-order chi connectivity index (χ0) is 29.1. The smallest absolute Gasteiger partial charge is 0.290 e. The predicted octanol–water partition coefficient (Wildman–Crippen LogP) is 1.20. The van der Waals surface area contributed by atoms with Crippen LogP contribution >= 0.6 is 0 Å². The molecule has 1 aliphatic rings. The summed E-state index contributed by atoms with van der Waals surface area (Å²) in [6.07, 6.45) is 2.31. The fourth-order valence-corrected chi connectivity index (χ4v) is 4.68. The molecule has 2 atom stereocenters. The second-order valence-electron chi connectivity index (χ2n) is 10.0. The molecule has 0 radical (unpaired) electrons. The molecule has 0 bridgehead atoms. The van der Waals surface area contributed by atoms with E-state index < -0.39 is 46.9 Å². The van der Waals surface area contributed by atoms with Crippen LogP contribution in [0.5, 0.6) is 11.5 Å². The zero-order valence-corrected chi connectivity index (χ0v) is 21.9. The molecule has 3 heterocycles. The molecular formula is C27H30N4O9. The van der Waals surface area contributed by atoms with E-state index in [4.69, 9.17) is 14.6 Å². The van der Waals surface area contributed by atoms with Gasteiger partial charge in [-0.05, 0) is 37.3 Å². The zero-order valence-electron chi connectivity index (χ0n) is 21.9. The highest BCUT2D eigenvalue weighted by Crippen LogP contribution is 2.30. The molecule has 0 spiro atoms. The van der Waals surface area contributed by atoms with Crippen molar-refractivity contribution < 1.29 is 38.2 Å². The summed E-state index contributed by atoms with van der Waals surface area (Å²) in [5.41, 5.74) is 4.39. The molecule has 1 aromatic carbocycles. The lowest BCUT2D eigenvalue weighted by atomic mass is 10.0. The third kappa shape index (κ3) is 5.92. The second-order valence-corrected chi connectivity index (χ2v) is 10.0. The van der Waals surface area contributed by atoms with Crippen LogP contribution in [0.2, 0.25) is 0 Å². The molecule has 1 fully saturated rings. The van der Waals surface area contributed by atoms with Gasteiger partial charge < -0.3 is 40.3 Å². The van der Waals surface area contributed by atoms with Gasteiger partial charge in [0.1, 0.15) is 52.1 Å². The number of fused-ring (bicyclic) bond motifs is 1. The van der Waals surface area contributed by atoms with Crippen molar-refractivity contribution in [2.45, 2.75) is 45.2 Å². The summed E-state index contributed by atoms with van der Waals surface area (Å²) in [5, 5.41) is 24.7. The number of phenols is 2. The van der Waals surface area contributed by atoms with E-state index in [0.29, 0.717) is 19.3 Å². The van der Waals surface area contributed by atoms with Gasteiger partial charge in [-0.2, -0.15) is 0 Å². The van der Waals surface area contributed by atoms with E-state index in [0.717, 1.165) is 12.3 Å². The van der Waals surface area contributed by atoms with Crippen molar-refractivity contribution in [2.75, 3.05) is 13.1 Å². The molecule has 0 saturated carbocycles. The Morgan fingerprint density at radius 3 is 2.62 bits per heavy atom. The molecule has 13 nitrogen and oxygen atoms in total. The number of primary amides is 1. The Hall–Kier alpha value is -4.81. The molecule has 4 rings (SSSR count). The quantitative estimate of drug-likeness (QED) is 0.257. The molecule has 13 heteroatoms. The highest BCUT2D eigenvalue weighted by molar-refractivity contribution is 5.98. The Morgan fingerprint density at radius 2 is 1.93 bits per heavy atom. The fraction of sp³-hybridized carbons (Fsp3) is 0.370. The number of amides is 4. The summed E-state index contributed by atoms with van der Waals surface area (Å²) in [4.78, 5) is 64.4. The van der Waals surface area contributed by atoms with Gasteiger partial charge in [-0.1, -0.05) is 13.8 Å². The van der Waals surface area contributed by atoms with Crippen LogP contribution in [0.1, 0.15) is 43.7 Å². The largest absolute Gasteiger partial charge is 0.508 e. The van der Waals surface area contributed by atoms with Gasteiger partial charge >= 0.3 is 0 Å². The highest BCUT2D eigenvalue weighted by atomic mass is 16.4. The molecule has 6 N–H and O–H groups in total. The maximum absolute atomic E-state index is 13.3. The van der Waals surface area contributed by atoms with Crippen molar-refractivity contribution in [1.29, 1.82) is 0 Å². The van der Waals surface area contributed by atoms with Gasteiger partial charge in [0.05, 0.1) is 6.54 Å². The SMILES string of the molecule is CC(C)C[C@@H](NC(=O)[C@@H]1CCCN1C(=O)c1ccc(-c2coc3cc(O)cc(O)c3c2=O)o1)C(=O)NCC(N)=O. The average molecular weight is 555 g/mol. The summed E-state index contributed by atoms with van der Waals surface area (Å²) in [6, 6.07) is 3.16. The molecule has 1 saturated heterocycles. The minimum atomic E-state index is -0.926. The number of furan rings is 1. The number of nitrogens with one attached hydrogen (secondary N) is 2. The van der Waals surface area contributed by atoms with E-state index in [1.165, 1.54) is 23.1 Å². The summed E-state index contributed by atoms with van der Waals surface area (Å²) in [5.74, 6) is -3.19. The average Bonchev–Trinajstić information content (AvgIpc) is 3.56. The van der Waals surface area contributed by atoms with Crippen LogP contribution in [0.25, 0.3) is 22.3 Å². The first-order chi connectivity index (χ1) is 19.0. The van der Waals surface area contributed by atoms with Crippen molar-refractivity contribution in [1.82, 2.24) is 15.5 Å². The lowest BCUT2D eigenvalue weighted by Crippen LogP contribution is -2.54. The molecule has 40 heavy (non-hydrogen) atoms. The third-order valence-electron chi connectivity index (χ3n) is 6.52. The van der Waals surface area contributed by atoms with Gasteiger partial charge in [-0.25, -0.2) is 0 Å². The van der Waals surface area contributed by atoms with E-state index in [1.807, 2.05) is 13.8 Å². The van der Waals surface area contributed by atoms with E-state index in [9.17, 15) is 34.2 Å². The standard InChI is InChI=1S/C27H30N4O9/c1-13(2)8-16(25(36)29-11-22(28)34)30-26(37)17-4-3-7-31(17)27(38)20-6-5-19(40-20)15-12-39-21-10-14(32)9-18(33)23(21)24(15)35/h5-6,9-10,12-13,16-17,32-33H,3-4,7-8,11H2,1-2H3,(H2,28,34)(H,29,36)(H,30,37)/t16-,17+/m1/s1. The summed E-state index contributed by atoms with van der Waals surface area (Å²) < 4.78 is 11.1. The second kappa shape index (κ2) is 11.5. The first-order valence-corrected chi connectivity index (χ1v) is 12.7. The van der Waals surface area contributed by atoms with E-state index in [1.54, 1.807) is 0 Å². The first kappa shape index (κ1) is 28.2. The number of nitrogens with two attached hydrogens (primary N) is 1. The number of phenolic OH excluding ortho intramolecular Hbond substituents is 2. The molecule has 3 aromatic rings. The Balaban J connectivity index is 1.52. The van der Waals surface area contributed by atoms with Gasteiger partial charge in [-0.15, -0.1) is 0 Å². The monoisotopic (exact) mass is 554 g/mol. The van der Waals surface area contributed by atoms with Crippen LogP contribution in [0.3, 0.4) is 0 Å². The molecule has 212 valence electrons. The van der Waals surface area contributed by atoms with Crippen LogP contribution in [-0.4, -0.2) is 63.9 Å². The van der Waals surface area contributed by atoms with E-state index in [2.05, 4.69) is 10.6 Å². The van der Waals surface area contributed by atoms with Crippen LogP contribution in [0.4, 0.5) is 0 Å². The number of hydrogen-bond donors (Lipinski definition) is 5. The number of aromatic hydroxyl groups is 2. The molecule has 4 amide bonds. The predicted molar refractivity (Wildman–Crippen MR) is 141 cm³/mol. The van der Waals surface area contributed by atoms with Crippen LogP contribution in [0, 0.1) is 5.92 Å². The molecular weight excluding hydrogens is 524 g/mol. The summed E-state index contributed by atoms with van der Waals surface area (Å²) in [6.45, 7) is 3.66. The van der Waals surface area contributed by atoms with E-state index in [-0.39, 0.29) is 52.8 Å². The Kier molecular flexibility index (Phi) is 8.12. The number of likely N-dealkylation sites (tertiary alicyclic amines) is 1. The van der Waals surface area contributed by atoms with Crippen LogP contribution in [-0.2, 0) is 14.4 Å². The van der Waals surface area contributed by atoms with Crippen LogP contribution < -0.4 is 21.8 Å². The van der Waals surface area contributed by atoms with Gasteiger partial charge in [0.25, 0.3) is 5.91 Å². The van der Waals surface area contributed by atoms with Gasteiger partial charge in [0.2, 0.25) is 23.2 Å². The number of carbonyl (C=O) groups is 4. The molecule has 0 unspecified atom stereocenters. The lowest BCUT2D eigenvalue weighted by molar-refractivity contribution is -0.132. The van der Waals surface area contributed by atoms with Crippen LogP contribution in [0.15, 0.2) is 44.2 Å². The van der Waals surface area contributed by atoms with Crippen molar-refractivity contribution in [3.05, 3.63) is 46.5 Å². The maximum atomic E-state index is 13.3. The van der Waals surface area contributed by atoms with Gasteiger partial charge in [-0.3, -0.25) is 24.0 Å². The lowest BCUT2D eigenvalue weighted by Gasteiger charge is -2.26. The Labute approximate surface area is 227 Å². The minimum Gasteiger partial charge on any atom is -0.508 e. The highest BCUT2D eigenvalue weighted by Gasteiger charge is 2.37. The number of hydrogen-bond acceptors (Lipinski definition) is 9. The third-order valence-corrected chi connectivity index (χ3v) is 6.52. The van der Waals surface area contributed by atoms with Crippen molar-refractivity contribution in [3.63, 3.8) is 0 Å². The number of nitrogens with zero attached hydrogens (tertiary/aromatic N) is 1. The number of rotatable bonds is 9. The topological polar surface area (TPSA) is 205 Å². The molecule has 2 aromatic heterocycles. The number of carbonyl (C=O) groups excluding carboxylic acids is 4. The van der Waals surface area contributed by atoms with Gasteiger partial charge in [0.15, 0.2) is 5.76 Å². The number of benzene rings is 1. The summed E-state index contributed by atoms with van der Waals surface area (Å²) >= 11 is 0. The van der Waals surface area contributed by atoms with Gasteiger partial charge in [0, 0.05) is 18.7 Å². The Bertz CT molecular complexity index is 1520. The fourth-order valence-electron chi connectivity index (χ4n) is 4.68. The minimum absolute atomic E-state index is 0.00907. The van der Waals surface area contributed by atoms with E-state index >= 15 is 0 Å². The Morgan fingerprint density at radius 1 is 1.18 bits per heavy atom. The van der Waals surface area contributed by atoms with Crippen molar-refractivity contribution >= 4 is 34.6 Å². The normalized spacial score (nSPS) is 15.8. The van der Waals surface area contributed by atoms with Crippen molar-refractivity contribution in [3.8, 4) is 22.8 Å². The maximum Gasteiger partial charge on any atom is 0.290 e. The summed E-state index contributed by atoms with van der Waals surface area (Å²) in [7, 11) is 0. The van der Waals surface area contributed by atoms with Crippen molar-refractivity contribution in [2.24, 2.45) is 11.7 Å². The molecule has 0 aliphatic carbocycles. The first-order valence-electron chi connectivity index (χ1n) is 12.7. The molecule has 1 aliphatic heterocycles.